The topological polar surface area (TPSA) is 86.8 Å². The third kappa shape index (κ3) is 3.59. The van der Waals surface area contributed by atoms with Gasteiger partial charge >= 0.3 is 5.97 Å². The zero-order valence-corrected chi connectivity index (χ0v) is 13.1. The number of ether oxygens (including phenoxy) is 3. The van der Waals surface area contributed by atoms with Crippen LogP contribution in [0.1, 0.15) is 12.8 Å². The summed E-state index contributed by atoms with van der Waals surface area (Å²) in [6.07, 6.45) is 0.105. The number of rotatable bonds is 5. The summed E-state index contributed by atoms with van der Waals surface area (Å²) in [4.78, 5) is 27.1. The van der Waals surface area contributed by atoms with Crippen molar-refractivity contribution in [2.45, 2.75) is 12.8 Å². The van der Waals surface area contributed by atoms with Crippen LogP contribution in [0.3, 0.4) is 0 Å². The van der Waals surface area contributed by atoms with Crippen molar-refractivity contribution in [3.8, 4) is 22.8 Å². The van der Waals surface area contributed by atoms with Crippen LogP contribution in [0.15, 0.2) is 23.6 Å². The lowest BCUT2D eigenvalue weighted by molar-refractivity contribution is -0.141. The molecule has 1 aromatic heterocycles. The lowest BCUT2D eigenvalue weighted by Crippen LogP contribution is -2.13. The first kappa shape index (κ1) is 15.3. The molecule has 120 valence electrons. The van der Waals surface area contributed by atoms with Crippen molar-refractivity contribution in [3.63, 3.8) is 0 Å². The number of thiazole rings is 1. The first-order valence-electron chi connectivity index (χ1n) is 6.88. The Bertz CT molecular complexity index is 743. The molecule has 0 unspecified atom stereocenters. The Labute approximate surface area is 136 Å². The van der Waals surface area contributed by atoms with E-state index in [2.05, 4.69) is 15.0 Å². The normalized spacial score (nSPS) is 12.0. The number of aromatic nitrogens is 1. The van der Waals surface area contributed by atoms with Crippen LogP contribution in [0, 0.1) is 0 Å². The van der Waals surface area contributed by atoms with E-state index in [1.54, 1.807) is 0 Å². The van der Waals surface area contributed by atoms with E-state index in [-0.39, 0.29) is 25.5 Å². The van der Waals surface area contributed by atoms with Crippen LogP contribution >= 0.6 is 11.3 Å². The first-order chi connectivity index (χ1) is 11.2. The Morgan fingerprint density at radius 2 is 2.13 bits per heavy atom. The van der Waals surface area contributed by atoms with Crippen LogP contribution in [0.25, 0.3) is 11.3 Å². The summed E-state index contributed by atoms with van der Waals surface area (Å²) in [5.41, 5.74) is 1.61. The highest BCUT2D eigenvalue weighted by atomic mass is 32.1. The number of hydrogen-bond donors (Lipinski definition) is 1. The minimum absolute atomic E-state index is 0.0444. The minimum Gasteiger partial charge on any atom is -0.469 e. The molecule has 0 bridgehead atoms. The van der Waals surface area contributed by atoms with Gasteiger partial charge in [0.2, 0.25) is 12.7 Å². The Hall–Kier alpha value is -2.61. The Balaban J connectivity index is 1.64. The number of carbonyl (C=O) groups is 2. The fourth-order valence-corrected chi connectivity index (χ4v) is 2.75. The molecule has 0 saturated carbocycles. The molecule has 1 aliphatic rings. The molecular formula is C15H14N2O5S. The number of nitrogens with zero attached hydrogens (tertiary/aromatic N) is 1. The van der Waals surface area contributed by atoms with Crippen molar-refractivity contribution in [3.05, 3.63) is 23.6 Å². The molecule has 0 aliphatic carbocycles. The molecule has 2 heterocycles. The maximum absolute atomic E-state index is 11.7. The molecule has 7 nitrogen and oxygen atoms in total. The number of nitrogens with one attached hydrogen (secondary N) is 1. The predicted octanol–water partition coefficient (Wildman–Crippen LogP) is 2.43. The second-order valence-corrected chi connectivity index (χ2v) is 5.59. The molecule has 0 fully saturated rings. The predicted molar refractivity (Wildman–Crippen MR) is 83.6 cm³/mol. The third-order valence-electron chi connectivity index (χ3n) is 3.20. The smallest absolute Gasteiger partial charge is 0.306 e. The molecule has 0 spiro atoms. The fourth-order valence-electron chi connectivity index (χ4n) is 2.02. The number of hydrogen-bond acceptors (Lipinski definition) is 7. The van der Waals surface area contributed by atoms with Gasteiger partial charge in [-0.15, -0.1) is 11.3 Å². The van der Waals surface area contributed by atoms with Crippen molar-refractivity contribution in [2.24, 2.45) is 0 Å². The highest BCUT2D eigenvalue weighted by molar-refractivity contribution is 7.14. The van der Waals surface area contributed by atoms with Crippen molar-refractivity contribution in [1.82, 2.24) is 4.98 Å². The summed E-state index contributed by atoms with van der Waals surface area (Å²) in [5, 5.41) is 4.99. The number of methoxy groups -OCH3 is 1. The van der Waals surface area contributed by atoms with Gasteiger partial charge in [0.1, 0.15) is 0 Å². The number of amides is 1. The standard InChI is InChI=1S/C15H14N2O5S/c1-20-14(19)5-4-13(18)17-15-16-10(7-23-15)9-2-3-11-12(6-9)22-8-21-11/h2-3,6-7H,4-5,8H2,1H3,(H,16,17,18). The van der Waals surface area contributed by atoms with E-state index in [4.69, 9.17) is 9.47 Å². The van der Waals surface area contributed by atoms with Gasteiger partial charge in [-0.05, 0) is 18.2 Å². The Morgan fingerprint density at radius 1 is 1.30 bits per heavy atom. The number of esters is 1. The molecule has 1 amide bonds. The Morgan fingerprint density at radius 3 is 2.96 bits per heavy atom. The van der Waals surface area contributed by atoms with E-state index in [0.717, 1.165) is 11.3 Å². The van der Waals surface area contributed by atoms with Gasteiger partial charge in [-0.3, -0.25) is 9.59 Å². The number of benzene rings is 1. The zero-order valence-electron chi connectivity index (χ0n) is 12.3. The van der Waals surface area contributed by atoms with E-state index >= 15 is 0 Å². The largest absolute Gasteiger partial charge is 0.469 e. The van der Waals surface area contributed by atoms with Gasteiger partial charge < -0.3 is 19.5 Å². The quantitative estimate of drug-likeness (QED) is 0.845. The van der Waals surface area contributed by atoms with Gasteiger partial charge in [-0.2, -0.15) is 0 Å². The van der Waals surface area contributed by atoms with Gasteiger partial charge in [0, 0.05) is 17.4 Å². The van der Waals surface area contributed by atoms with Gasteiger partial charge in [0.15, 0.2) is 16.6 Å². The van der Waals surface area contributed by atoms with Crippen LogP contribution in [0.5, 0.6) is 11.5 Å². The average molecular weight is 334 g/mol. The SMILES string of the molecule is COC(=O)CCC(=O)Nc1nc(-c2ccc3c(c2)OCO3)cs1. The number of anilines is 1. The molecule has 23 heavy (non-hydrogen) atoms. The summed E-state index contributed by atoms with van der Waals surface area (Å²) >= 11 is 1.31. The summed E-state index contributed by atoms with van der Waals surface area (Å²) in [6.45, 7) is 0.220. The molecule has 2 aromatic rings. The Kier molecular flexibility index (Phi) is 4.42. The maximum Gasteiger partial charge on any atom is 0.306 e. The van der Waals surface area contributed by atoms with E-state index in [1.807, 2.05) is 23.6 Å². The number of carbonyl (C=O) groups excluding carboxylic acids is 2. The first-order valence-corrected chi connectivity index (χ1v) is 7.76. The van der Waals surface area contributed by atoms with Crippen molar-refractivity contribution in [1.29, 1.82) is 0 Å². The zero-order chi connectivity index (χ0) is 16.2. The fraction of sp³-hybridized carbons (Fsp3) is 0.267. The molecule has 3 rings (SSSR count). The van der Waals surface area contributed by atoms with E-state index in [1.165, 1.54) is 18.4 Å². The van der Waals surface area contributed by atoms with Crippen LogP contribution < -0.4 is 14.8 Å². The van der Waals surface area contributed by atoms with E-state index < -0.39 is 5.97 Å². The average Bonchev–Trinajstić information content (AvgIpc) is 3.20. The minimum atomic E-state index is -0.416. The van der Waals surface area contributed by atoms with Crippen molar-refractivity contribution in [2.75, 3.05) is 19.2 Å². The highest BCUT2D eigenvalue weighted by Crippen LogP contribution is 2.36. The van der Waals surface area contributed by atoms with E-state index in [9.17, 15) is 9.59 Å². The monoisotopic (exact) mass is 334 g/mol. The third-order valence-corrected chi connectivity index (χ3v) is 3.96. The highest BCUT2D eigenvalue weighted by Gasteiger charge is 2.15. The molecule has 8 heteroatoms. The van der Waals surface area contributed by atoms with Gasteiger partial charge in [0.25, 0.3) is 0 Å². The van der Waals surface area contributed by atoms with E-state index in [0.29, 0.717) is 16.6 Å². The molecular weight excluding hydrogens is 320 g/mol. The van der Waals surface area contributed by atoms with Crippen LogP contribution in [0.4, 0.5) is 5.13 Å². The molecule has 0 atom stereocenters. The van der Waals surface area contributed by atoms with Crippen LogP contribution in [0.2, 0.25) is 0 Å². The molecule has 0 radical (unpaired) electrons. The summed E-state index contributed by atoms with van der Waals surface area (Å²) < 4.78 is 15.1. The second kappa shape index (κ2) is 6.66. The van der Waals surface area contributed by atoms with Crippen molar-refractivity contribution < 1.29 is 23.8 Å². The number of fused-ring (bicyclic) bond motifs is 1. The lowest BCUT2D eigenvalue weighted by atomic mass is 10.1. The maximum atomic E-state index is 11.7. The summed E-state index contributed by atoms with van der Waals surface area (Å²) in [5.74, 6) is 0.696. The molecule has 1 N–H and O–H groups in total. The lowest BCUT2D eigenvalue weighted by Gasteiger charge is -2.01. The van der Waals surface area contributed by atoms with Gasteiger partial charge in [-0.25, -0.2) is 4.98 Å². The van der Waals surface area contributed by atoms with Crippen LogP contribution in [-0.2, 0) is 14.3 Å². The van der Waals surface area contributed by atoms with Gasteiger partial charge in [0.05, 0.1) is 19.2 Å². The van der Waals surface area contributed by atoms with Crippen molar-refractivity contribution >= 4 is 28.3 Å². The van der Waals surface area contributed by atoms with Crippen LogP contribution in [-0.4, -0.2) is 30.8 Å². The van der Waals surface area contributed by atoms with Gasteiger partial charge in [-0.1, -0.05) is 0 Å². The molecule has 1 aromatic carbocycles. The second-order valence-electron chi connectivity index (χ2n) is 4.73. The summed E-state index contributed by atoms with van der Waals surface area (Å²) in [7, 11) is 1.29. The molecule has 1 aliphatic heterocycles. The summed E-state index contributed by atoms with van der Waals surface area (Å²) in [6, 6.07) is 5.55. The molecule has 0 saturated heterocycles.